The average molecular weight is 158 g/mol. The van der Waals surface area contributed by atoms with E-state index in [2.05, 4.69) is 12.1 Å². The fourth-order valence-electron chi connectivity index (χ4n) is 1.06. The summed E-state index contributed by atoms with van der Waals surface area (Å²) in [6.07, 6.45) is 0. The number of rotatable bonds is 1. The van der Waals surface area contributed by atoms with Crippen molar-refractivity contribution in [3.05, 3.63) is 49.1 Å². The molecule has 59 valence electrons. The molecule has 0 saturated carbocycles. The molecule has 1 aromatic heterocycles. The van der Waals surface area contributed by atoms with E-state index in [9.17, 15) is 0 Å². The Kier molecular flexibility index (Phi) is 1.67. The minimum Gasteiger partial charge on any atom is -0.361 e. The van der Waals surface area contributed by atoms with Gasteiger partial charge in [0.05, 0.1) is 0 Å². The van der Waals surface area contributed by atoms with Crippen molar-refractivity contribution in [1.29, 1.82) is 0 Å². The third kappa shape index (κ3) is 1.23. The summed E-state index contributed by atoms with van der Waals surface area (Å²) in [6, 6.07) is 11.7. The Labute approximate surface area is 70.8 Å². The van der Waals surface area contributed by atoms with E-state index in [1.54, 1.807) is 0 Å². The minimum absolute atomic E-state index is 0.592. The lowest BCUT2D eigenvalue weighted by Gasteiger charge is -1.90. The van der Waals surface area contributed by atoms with Crippen LogP contribution in [0, 0.1) is 6.92 Å². The Hall–Kier alpha value is -1.57. The number of aromatic nitrogens is 1. The zero-order valence-corrected chi connectivity index (χ0v) is 6.53. The van der Waals surface area contributed by atoms with Gasteiger partial charge >= 0.3 is 0 Å². The monoisotopic (exact) mass is 158 g/mol. The lowest BCUT2D eigenvalue weighted by Crippen LogP contribution is -1.73. The molecule has 2 heteroatoms. The van der Waals surface area contributed by atoms with E-state index in [1.807, 2.05) is 36.4 Å². The number of benzene rings is 1. The fourth-order valence-corrected chi connectivity index (χ4v) is 1.06. The maximum absolute atomic E-state index is 4.86. The molecular formula is C10H8NO. The van der Waals surface area contributed by atoms with E-state index in [1.165, 1.54) is 0 Å². The van der Waals surface area contributed by atoms with Crippen molar-refractivity contribution in [2.45, 2.75) is 0 Å². The van der Waals surface area contributed by atoms with Crippen LogP contribution in [-0.4, -0.2) is 5.16 Å². The highest BCUT2D eigenvalue weighted by Gasteiger charge is 2.01. The molecular weight excluding hydrogens is 150 g/mol. The molecule has 1 radical (unpaired) electrons. The van der Waals surface area contributed by atoms with Gasteiger partial charge in [0, 0.05) is 18.6 Å². The van der Waals surface area contributed by atoms with Crippen molar-refractivity contribution in [3.63, 3.8) is 0 Å². The van der Waals surface area contributed by atoms with Crippen LogP contribution in [0.25, 0.3) is 11.3 Å². The van der Waals surface area contributed by atoms with Crippen LogP contribution < -0.4 is 0 Å². The smallest absolute Gasteiger partial charge is 0.137 e. The van der Waals surface area contributed by atoms with E-state index >= 15 is 0 Å². The van der Waals surface area contributed by atoms with Crippen molar-refractivity contribution in [1.82, 2.24) is 5.16 Å². The molecule has 0 bridgehead atoms. The highest BCUT2D eigenvalue weighted by molar-refractivity contribution is 5.58. The molecule has 0 unspecified atom stereocenters. The highest BCUT2D eigenvalue weighted by Crippen LogP contribution is 2.17. The molecule has 0 aliphatic heterocycles. The molecule has 1 heterocycles. The van der Waals surface area contributed by atoms with Gasteiger partial charge in [-0.1, -0.05) is 35.5 Å². The van der Waals surface area contributed by atoms with Crippen LogP contribution >= 0.6 is 0 Å². The summed E-state index contributed by atoms with van der Waals surface area (Å²) >= 11 is 0. The Bertz CT molecular complexity index is 364. The van der Waals surface area contributed by atoms with Gasteiger partial charge in [-0.15, -0.1) is 0 Å². The first-order valence-corrected chi connectivity index (χ1v) is 3.70. The van der Waals surface area contributed by atoms with Crippen molar-refractivity contribution in [3.8, 4) is 11.3 Å². The fraction of sp³-hybridized carbons (Fsp3) is 0. The predicted octanol–water partition coefficient (Wildman–Crippen LogP) is 2.52. The van der Waals surface area contributed by atoms with Gasteiger partial charge in [0.2, 0.25) is 0 Å². The van der Waals surface area contributed by atoms with Gasteiger partial charge < -0.3 is 4.52 Å². The van der Waals surface area contributed by atoms with Gasteiger partial charge in [0.1, 0.15) is 11.5 Å². The number of hydrogen-bond acceptors (Lipinski definition) is 2. The second-order valence-electron chi connectivity index (χ2n) is 2.54. The van der Waals surface area contributed by atoms with E-state index in [4.69, 9.17) is 4.52 Å². The standard InChI is InChI=1S/C10H8NO/c1-8-7-10(11-12-8)9-5-3-2-4-6-9/h2-7H,1H2. The molecule has 0 fully saturated rings. The van der Waals surface area contributed by atoms with Gasteiger partial charge in [0.15, 0.2) is 0 Å². The maximum atomic E-state index is 4.86. The van der Waals surface area contributed by atoms with Gasteiger partial charge in [-0.2, -0.15) is 0 Å². The Morgan fingerprint density at radius 2 is 1.92 bits per heavy atom. The maximum Gasteiger partial charge on any atom is 0.137 e. The Balaban J connectivity index is 2.45. The lowest BCUT2D eigenvalue weighted by atomic mass is 10.1. The van der Waals surface area contributed by atoms with Crippen molar-refractivity contribution < 1.29 is 4.52 Å². The van der Waals surface area contributed by atoms with Crippen molar-refractivity contribution in [2.24, 2.45) is 0 Å². The molecule has 2 rings (SSSR count). The van der Waals surface area contributed by atoms with Gasteiger partial charge in [-0.3, -0.25) is 0 Å². The van der Waals surface area contributed by atoms with Crippen LogP contribution in [0.15, 0.2) is 40.9 Å². The first-order valence-electron chi connectivity index (χ1n) is 3.70. The Morgan fingerprint density at radius 1 is 1.17 bits per heavy atom. The van der Waals surface area contributed by atoms with Crippen LogP contribution in [0.3, 0.4) is 0 Å². The van der Waals surface area contributed by atoms with Gasteiger partial charge in [-0.25, -0.2) is 0 Å². The summed E-state index contributed by atoms with van der Waals surface area (Å²) in [5.74, 6) is 0.592. The van der Waals surface area contributed by atoms with Crippen molar-refractivity contribution >= 4 is 0 Å². The molecule has 0 aliphatic rings. The topological polar surface area (TPSA) is 26.0 Å². The SMILES string of the molecule is [CH2]c1cc(-c2ccccc2)no1. The second kappa shape index (κ2) is 2.81. The molecule has 0 atom stereocenters. The average Bonchev–Trinajstić information content (AvgIpc) is 2.54. The molecule has 12 heavy (non-hydrogen) atoms. The first kappa shape index (κ1) is 7.10. The summed E-state index contributed by atoms with van der Waals surface area (Å²) in [6.45, 7) is 3.64. The predicted molar refractivity (Wildman–Crippen MR) is 46.4 cm³/mol. The van der Waals surface area contributed by atoms with Crippen molar-refractivity contribution in [2.75, 3.05) is 0 Å². The van der Waals surface area contributed by atoms with Crippen LogP contribution in [0.4, 0.5) is 0 Å². The summed E-state index contributed by atoms with van der Waals surface area (Å²) in [4.78, 5) is 0. The molecule has 0 N–H and O–H groups in total. The summed E-state index contributed by atoms with van der Waals surface area (Å²) in [7, 11) is 0. The van der Waals surface area contributed by atoms with E-state index in [0.717, 1.165) is 11.3 Å². The molecule has 0 saturated heterocycles. The van der Waals surface area contributed by atoms with Crippen LogP contribution in [0.2, 0.25) is 0 Å². The third-order valence-corrected chi connectivity index (χ3v) is 1.63. The molecule has 2 nitrogen and oxygen atoms in total. The quantitative estimate of drug-likeness (QED) is 0.637. The minimum atomic E-state index is 0.592. The largest absolute Gasteiger partial charge is 0.361 e. The van der Waals surface area contributed by atoms with Gasteiger partial charge in [0.25, 0.3) is 0 Å². The van der Waals surface area contributed by atoms with Crippen LogP contribution in [0.5, 0.6) is 0 Å². The first-order chi connectivity index (χ1) is 5.86. The van der Waals surface area contributed by atoms with E-state index < -0.39 is 0 Å². The summed E-state index contributed by atoms with van der Waals surface area (Å²) < 4.78 is 4.86. The Morgan fingerprint density at radius 3 is 2.50 bits per heavy atom. The molecule has 0 aliphatic carbocycles. The lowest BCUT2D eigenvalue weighted by molar-refractivity contribution is 0.409. The molecule has 2 aromatic rings. The van der Waals surface area contributed by atoms with Crippen LogP contribution in [-0.2, 0) is 0 Å². The third-order valence-electron chi connectivity index (χ3n) is 1.63. The molecule has 0 amide bonds. The van der Waals surface area contributed by atoms with E-state index in [0.29, 0.717) is 5.76 Å². The second-order valence-corrected chi connectivity index (χ2v) is 2.54. The van der Waals surface area contributed by atoms with Gasteiger partial charge in [-0.05, 0) is 0 Å². The van der Waals surface area contributed by atoms with E-state index in [-0.39, 0.29) is 0 Å². The molecule has 0 spiro atoms. The zero-order valence-electron chi connectivity index (χ0n) is 6.53. The zero-order chi connectivity index (χ0) is 8.39. The molecule has 1 aromatic carbocycles. The van der Waals surface area contributed by atoms with Crippen LogP contribution in [0.1, 0.15) is 5.76 Å². The number of nitrogens with zero attached hydrogens (tertiary/aromatic N) is 1. The number of hydrogen-bond donors (Lipinski definition) is 0. The summed E-state index contributed by atoms with van der Waals surface area (Å²) in [5.41, 5.74) is 1.89. The highest BCUT2D eigenvalue weighted by atomic mass is 16.5. The normalized spacial score (nSPS) is 10.1. The summed E-state index contributed by atoms with van der Waals surface area (Å²) in [5, 5.41) is 3.85.